The number of aromatic nitrogens is 2. The fraction of sp³-hybridized carbons (Fsp3) is 0.214. The molecule has 0 atom stereocenters. The number of rotatable bonds is 4. The summed E-state index contributed by atoms with van der Waals surface area (Å²) in [7, 11) is 0. The van der Waals surface area contributed by atoms with E-state index in [0.717, 1.165) is 23.5 Å². The molecule has 8 heteroatoms. The minimum Gasteiger partial charge on any atom is -0.333 e. The van der Waals surface area contributed by atoms with E-state index in [1.165, 1.54) is 22.7 Å². The molecular weight excluding hydrogens is 342 g/mol. The molecule has 3 heterocycles. The predicted octanol–water partition coefficient (Wildman–Crippen LogP) is 4.64. The van der Waals surface area contributed by atoms with E-state index in [9.17, 15) is 4.79 Å². The molecule has 0 saturated heterocycles. The summed E-state index contributed by atoms with van der Waals surface area (Å²) >= 11 is 8.56. The van der Waals surface area contributed by atoms with Crippen LogP contribution in [0.4, 0.5) is 5.69 Å². The average molecular weight is 352 g/mol. The molecule has 1 fully saturated rings. The number of anilines is 1. The fourth-order valence-corrected chi connectivity index (χ4v) is 3.74. The van der Waals surface area contributed by atoms with Crippen molar-refractivity contribution in [2.24, 2.45) is 0 Å². The van der Waals surface area contributed by atoms with E-state index in [4.69, 9.17) is 16.1 Å². The Labute approximate surface area is 138 Å². The Kier molecular flexibility index (Phi) is 3.48. The number of nitrogens with one attached hydrogen (secondary N) is 1. The molecule has 0 bridgehead atoms. The second kappa shape index (κ2) is 5.49. The summed E-state index contributed by atoms with van der Waals surface area (Å²) in [6.45, 7) is 0. The van der Waals surface area contributed by atoms with Gasteiger partial charge in [0.05, 0.1) is 14.9 Å². The number of nitrogens with zero attached hydrogens (tertiary/aromatic N) is 2. The van der Waals surface area contributed by atoms with Crippen molar-refractivity contribution in [1.82, 2.24) is 10.1 Å². The van der Waals surface area contributed by atoms with Crippen molar-refractivity contribution in [3.05, 3.63) is 38.6 Å². The van der Waals surface area contributed by atoms with Gasteiger partial charge in [-0.15, -0.1) is 22.7 Å². The summed E-state index contributed by atoms with van der Waals surface area (Å²) in [5, 5.41) is 8.76. The van der Waals surface area contributed by atoms with E-state index in [-0.39, 0.29) is 5.91 Å². The van der Waals surface area contributed by atoms with E-state index >= 15 is 0 Å². The standard InChI is InChI=1S/C14H10ClN3O2S2/c15-10-4-3-9(22-10)13(19)16-8-5-6-21-11(8)14-17-12(18-20-14)7-1-2-7/h3-7H,1-2H2,(H,16,19). The van der Waals surface area contributed by atoms with Gasteiger partial charge in [-0.25, -0.2) is 0 Å². The van der Waals surface area contributed by atoms with E-state index in [0.29, 0.717) is 26.7 Å². The van der Waals surface area contributed by atoms with Crippen LogP contribution in [0, 0.1) is 0 Å². The maximum Gasteiger partial charge on any atom is 0.270 e. The van der Waals surface area contributed by atoms with Crippen molar-refractivity contribution in [3.63, 3.8) is 0 Å². The number of carbonyl (C=O) groups is 1. The SMILES string of the molecule is O=C(Nc1ccsc1-c1nc(C2CC2)no1)c1ccc(Cl)s1. The van der Waals surface area contributed by atoms with Gasteiger partial charge in [0.1, 0.15) is 4.88 Å². The van der Waals surface area contributed by atoms with Crippen molar-refractivity contribution in [1.29, 1.82) is 0 Å². The van der Waals surface area contributed by atoms with Gasteiger partial charge in [-0.3, -0.25) is 4.79 Å². The largest absolute Gasteiger partial charge is 0.333 e. The Morgan fingerprint density at radius 2 is 2.23 bits per heavy atom. The molecule has 5 nitrogen and oxygen atoms in total. The summed E-state index contributed by atoms with van der Waals surface area (Å²) in [4.78, 5) is 18.0. The molecule has 1 amide bonds. The summed E-state index contributed by atoms with van der Waals surface area (Å²) in [6, 6.07) is 5.23. The summed E-state index contributed by atoms with van der Waals surface area (Å²) in [6.07, 6.45) is 2.23. The molecular formula is C14H10ClN3O2S2. The average Bonchev–Trinajstić information content (AvgIpc) is 2.92. The lowest BCUT2D eigenvalue weighted by molar-refractivity contribution is 0.103. The quantitative estimate of drug-likeness (QED) is 0.743. The first-order valence-electron chi connectivity index (χ1n) is 6.69. The van der Waals surface area contributed by atoms with Gasteiger partial charge < -0.3 is 9.84 Å². The highest BCUT2D eigenvalue weighted by molar-refractivity contribution is 7.18. The van der Waals surface area contributed by atoms with E-state index in [1.807, 2.05) is 11.4 Å². The Hall–Kier alpha value is -1.70. The van der Waals surface area contributed by atoms with Crippen LogP contribution in [0.1, 0.15) is 34.3 Å². The van der Waals surface area contributed by atoms with Crippen LogP contribution in [0.25, 0.3) is 10.8 Å². The van der Waals surface area contributed by atoms with Crippen LogP contribution < -0.4 is 5.32 Å². The molecule has 1 saturated carbocycles. The highest BCUT2D eigenvalue weighted by atomic mass is 35.5. The summed E-state index contributed by atoms with van der Waals surface area (Å²) < 4.78 is 5.91. The molecule has 3 aromatic heterocycles. The number of carbonyl (C=O) groups excluding carboxylic acids is 1. The summed E-state index contributed by atoms with van der Waals surface area (Å²) in [5.74, 6) is 1.45. The van der Waals surface area contributed by atoms with Gasteiger partial charge in [-0.2, -0.15) is 4.98 Å². The molecule has 1 aliphatic carbocycles. The Balaban J connectivity index is 1.57. The minimum atomic E-state index is -0.196. The highest BCUT2D eigenvalue weighted by Crippen LogP contribution is 2.40. The molecule has 1 N–H and O–H groups in total. The molecule has 0 radical (unpaired) electrons. The number of hydrogen-bond acceptors (Lipinski definition) is 6. The molecule has 22 heavy (non-hydrogen) atoms. The lowest BCUT2D eigenvalue weighted by Gasteiger charge is -2.02. The third-order valence-electron chi connectivity index (χ3n) is 3.29. The molecule has 0 aliphatic heterocycles. The van der Waals surface area contributed by atoms with E-state index < -0.39 is 0 Å². The van der Waals surface area contributed by atoms with Gasteiger partial charge in [0, 0.05) is 5.92 Å². The van der Waals surface area contributed by atoms with Crippen LogP contribution in [0.2, 0.25) is 4.34 Å². The van der Waals surface area contributed by atoms with Crippen LogP contribution in [-0.4, -0.2) is 16.0 Å². The van der Waals surface area contributed by atoms with Crippen molar-refractivity contribution < 1.29 is 9.32 Å². The molecule has 0 unspecified atom stereocenters. The maximum absolute atomic E-state index is 12.2. The topological polar surface area (TPSA) is 68.0 Å². The first-order chi connectivity index (χ1) is 10.7. The molecule has 112 valence electrons. The fourth-order valence-electron chi connectivity index (χ4n) is 2.03. The third kappa shape index (κ3) is 2.67. The van der Waals surface area contributed by atoms with Gasteiger partial charge in [0.2, 0.25) is 0 Å². The Morgan fingerprint density at radius 3 is 2.95 bits per heavy atom. The van der Waals surface area contributed by atoms with Crippen molar-refractivity contribution in [2.45, 2.75) is 18.8 Å². The Bertz CT molecular complexity index is 835. The lowest BCUT2D eigenvalue weighted by Crippen LogP contribution is -2.09. The number of thiophene rings is 2. The zero-order valence-corrected chi connectivity index (χ0v) is 13.6. The molecule has 0 spiro atoms. The van der Waals surface area contributed by atoms with Crippen molar-refractivity contribution in [3.8, 4) is 10.8 Å². The van der Waals surface area contributed by atoms with Gasteiger partial charge in [0.15, 0.2) is 5.82 Å². The first-order valence-corrected chi connectivity index (χ1v) is 8.76. The number of hydrogen-bond donors (Lipinski definition) is 1. The second-order valence-corrected chi connectivity index (χ2v) is 7.58. The first kappa shape index (κ1) is 13.9. The maximum atomic E-state index is 12.2. The smallest absolute Gasteiger partial charge is 0.270 e. The number of amides is 1. The molecule has 0 aromatic carbocycles. The van der Waals surface area contributed by atoms with Crippen LogP contribution >= 0.6 is 34.3 Å². The van der Waals surface area contributed by atoms with Crippen molar-refractivity contribution in [2.75, 3.05) is 5.32 Å². The molecule has 1 aliphatic rings. The minimum absolute atomic E-state index is 0.196. The third-order valence-corrected chi connectivity index (χ3v) is 5.42. The van der Waals surface area contributed by atoms with Crippen LogP contribution in [0.15, 0.2) is 28.1 Å². The zero-order chi connectivity index (χ0) is 15.1. The monoisotopic (exact) mass is 351 g/mol. The van der Waals surface area contributed by atoms with Crippen LogP contribution in [0.3, 0.4) is 0 Å². The second-order valence-electron chi connectivity index (χ2n) is 4.95. The zero-order valence-electron chi connectivity index (χ0n) is 11.2. The Morgan fingerprint density at radius 1 is 1.36 bits per heavy atom. The number of halogens is 1. The van der Waals surface area contributed by atoms with E-state index in [1.54, 1.807) is 12.1 Å². The van der Waals surface area contributed by atoms with E-state index in [2.05, 4.69) is 15.5 Å². The van der Waals surface area contributed by atoms with Crippen molar-refractivity contribution >= 4 is 45.9 Å². The van der Waals surface area contributed by atoms with Gasteiger partial charge >= 0.3 is 0 Å². The molecule has 4 rings (SSSR count). The molecule has 3 aromatic rings. The predicted molar refractivity (Wildman–Crippen MR) is 86.9 cm³/mol. The van der Waals surface area contributed by atoms with Gasteiger partial charge in [0.25, 0.3) is 11.8 Å². The normalized spacial score (nSPS) is 14.2. The van der Waals surface area contributed by atoms with Crippen LogP contribution in [-0.2, 0) is 0 Å². The lowest BCUT2D eigenvalue weighted by atomic mass is 10.3. The van der Waals surface area contributed by atoms with Gasteiger partial charge in [-0.05, 0) is 36.4 Å². The van der Waals surface area contributed by atoms with Gasteiger partial charge in [-0.1, -0.05) is 16.8 Å². The summed E-state index contributed by atoms with van der Waals surface area (Å²) in [5.41, 5.74) is 0.672. The highest BCUT2D eigenvalue weighted by Gasteiger charge is 2.29. The van der Waals surface area contributed by atoms with Crippen LogP contribution in [0.5, 0.6) is 0 Å².